The van der Waals surface area contributed by atoms with E-state index in [0.717, 1.165) is 11.3 Å². The number of aryl methyl sites for hydroxylation is 1. The molecule has 1 unspecified atom stereocenters. The zero-order valence-electron chi connectivity index (χ0n) is 10.3. The highest BCUT2D eigenvalue weighted by molar-refractivity contribution is 7.12. The molecule has 0 fully saturated rings. The highest BCUT2D eigenvalue weighted by Crippen LogP contribution is 2.25. The lowest BCUT2D eigenvalue weighted by atomic mass is 10.0. The second-order valence-electron chi connectivity index (χ2n) is 4.06. The molecule has 1 heterocycles. The molecule has 16 heavy (non-hydrogen) atoms. The van der Waals surface area contributed by atoms with Gasteiger partial charge in [0.1, 0.15) is 5.60 Å². The van der Waals surface area contributed by atoms with Crippen LogP contribution >= 0.6 is 11.3 Å². The third kappa shape index (κ3) is 3.28. The van der Waals surface area contributed by atoms with E-state index in [-0.39, 0.29) is 0 Å². The predicted molar refractivity (Wildman–Crippen MR) is 65.8 cm³/mol. The van der Waals surface area contributed by atoms with E-state index in [9.17, 15) is 5.11 Å². The van der Waals surface area contributed by atoms with E-state index in [1.54, 1.807) is 18.3 Å². The molecule has 0 aliphatic heterocycles. The molecule has 1 atom stereocenters. The van der Waals surface area contributed by atoms with Gasteiger partial charge in [-0.3, -0.25) is 0 Å². The van der Waals surface area contributed by atoms with Crippen LogP contribution in [-0.4, -0.2) is 31.2 Å². The maximum Gasteiger partial charge on any atom is 0.185 e. The number of hydrogen-bond donors (Lipinski definition) is 1. The molecule has 0 saturated heterocycles. The van der Waals surface area contributed by atoms with E-state index >= 15 is 0 Å². The minimum Gasteiger partial charge on any atom is -0.384 e. The van der Waals surface area contributed by atoms with Gasteiger partial charge in [0.05, 0.1) is 0 Å². The normalized spacial score (nSPS) is 15.4. The lowest BCUT2D eigenvalue weighted by Crippen LogP contribution is -2.43. The molecule has 0 aliphatic carbocycles. The molecule has 1 N–H and O–H groups in total. The summed E-state index contributed by atoms with van der Waals surface area (Å²) in [7, 11) is 3.07. The van der Waals surface area contributed by atoms with Crippen LogP contribution < -0.4 is 0 Å². The van der Waals surface area contributed by atoms with Crippen molar-refractivity contribution < 1.29 is 14.6 Å². The fraction of sp³-hybridized carbons (Fsp3) is 0.667. The van der Waals surface area contributed by atoms with Gasteiger partial charge in [-0.1, -0.05) is 6.92 Å². The second-order valence-corrected chi connectivity index (χ2v) is 5.31. The molecule has 1 aromatic heterocycles. The first-order chi connectivity index (χ1) is 7.53. The Hall–Kier alpha value is -0.420. The molecule has 0 aliphatic rings. The van der Waals surface area contributed by atoms with Gasteiger partial charge in [-0.15, -0.1) is 11.3 Å². The third-order valence-electron chi connectivity index (χ3n) is 2.53. The molecular weight excluding hydrogens is 224 g/mol. The Bertz CT molecular complexity index is 316. The van der Waals surface area contributed by atoms with Crippen molar-refractivity contribution in [2.45, 2.75) is 38.6 Å². The van der Waals surface area contributed by atoms with E-state index in [1.165, 1.54) is 19.1 Å². The van der Waals surface area contributed by atoms with Crippen LogP contribution in [0.15, 0.2) is 12.1 Å². The predicted octanol–water partition coefficient (Wildman–Crippen LogP) is 2.22. The summed E-state index contributed by atoms with van der Waals surface area (Å²) in [5.41, 5.74) is -1.00. The molecule has 0 bridgehead atoms. The van der Waals surface area contributed by atoms with Crippen molar-refractivity contribution >= 4 is 11.3 Å². The average Bonchev–Trinajstić information content (AvgIpc) is 2.66. The first-order valence-corrected chi connectivity index (χ1v) is 6.20. The van der Waals surface area contributed by atoms with Gasteiger partial charge in [-0.05, 0) is 25.5 Å². The Balaban J connectivity index is 2.70. The molecule has 0 amide bonds. The van der Waals surface area contributed by atoms with Gasteiger partial charge < -0.3 is 14.6 Å². The van der Waals surface area contributed by atoms with Crippen LogP contribution in [0.1, 0.15) is 23.6 Å². The van der Waals surface area contributed by atoms with Crippen LogP contribution in [0.2, 0.25) is 0 Å². The minimum absolute atomic E-state index is 0.546. The summed E-state index contributed by atoms with van der Waals surface area (Å²) >= 11 is 1.73. The quantitative estimate of drug-likeness (QED) is 0.780. The third-order valence-corrected chi connectivity index (χ3v) is 3.76. The van der Waals surface area contributed by atoms with Gasteiger partial charge in [0, 0.05) is 30.4 Å². The van der Waals surface area contributed by atoms with Crippen molar-refractivity contribution in [1.82, 2.24) is 0 Å². The van der Waals surface area contributed by atoms with E-state index in [1.807, 2.05) is 0 Å². The topological polar surface area (TPSA) is 38.7 Å². The lowest BCUT2D eigenvalue weighted by Gasteiger charge is -2.30. The van der Waals surface area contributed by atoms with E-state index < -0.39 is 11.9 Å². The summed E-state index contributed by atoms with van der Waals surface area (Å²) in [6.07, 6.45) is 0.981. The monoisotopic (exact) mass is 244 g/mol. The summed E-state index contributed by atoms with van der Waals surface area (Å²) in [6, 6.07) is 4.16. The molecule has 4 heteroatoms. The second kappa shape index (κ2) is 5.77. The van der Waals surface area contributed by atoms with Crippen LogP contribution in [0, 0.1) is 0 Å². The van der Waals surface area contributed by atoms with Gasteiger partial charge in [-0.25, -0.2) is 0 Å². The smallest absolute Gasteiger partial charge is 0.185 e. The van der Waals surface area contributed by atoms with Crippen LogP contribution in [-0.2, 0) is 22.3 Å². The standard InChI is InChI=1S/C12H20O3S/c1-5-9-6-7-10(16-9)8-12(2,13)11(14-3)15-4/h6-7,11,13H,5,8H2,1-4H3. The SMILES string of the molecule is CCc1ccc(CC(C)(O)C(OC)OC)s1. The Morgan fingerprint density at radius 1 is 1.31 bits per heavy atom. The first kappa shape index (κ1) is 13.6. The summed E-state index contributed by atoms with van der Waals surface area (Å²) < 4.78 is 10.2. The van der Waals surface area contributed by atoms with Crippen molar-refractivity contribution in [3.63, 3.8) is 0 Å². The van der Waals surface area contributed by atoms with Gasteiger partial charge in [0.15, 0.2) is 6.29 Å². The number of hydrogen-bond acceptors (Lipinski definition) is 4. The summed E-state index contributed by atoms with van der Waals surface area (Å²) in [4.78, 5) is 2.48. The van der Waals surface area contributed by atoms with Crippen LogP contribution in [0.25, 0.3) is 0 Å². The largest absolute Gasteiger partial charge is 0.384 e. The minimum atomic E-state index is -1.00. The molecule has 92 valence electrons. The zero-order valence-corrected chi connectivity index (χ0v) is 11.1. The number of thiophene rings is 1. The molecule has 0 spiro atoms. The number of ether oxygens (including phenoxy) is 2. The van der Waals surface area contributed by atoms with Crippen molar-refractivity contribution in [1.29, 1.82) is 0 Å². The molecule has 1 rings (SSSR count). The van der Waals surface area contributed by atoms with Crippen LogP contribution in [0.4, 0.5) is 0 Å². The summed E-state index contributed by atoms with van der Waals surface area (Å²) in [5, 5.41) is 10.3. The molecule has 0 aromatic carbocycles. The highest BCUT2D eigenvalue weighted by atomic mass is 32.1. The van der Waals surface area contributed by atoms with E-state index in [2.05, 4.69) is 19.1 Å². The van der Waals surface area contributed by atoms with E-state index in [0.29, 0.717) is 6.42 Å². The van der Waals surface area contributed by atoms with Gasteiger partial charge in [0.25, 0.3) is 0 Å². The molecule has 0 saturated carbocycles. The van der Waals surface area contributed by atoms with Crippen molar-refractivity contribution in [2.24, 2.45) is 0 Å². The zero-order chi connectivity index (χ0) is 12.2. The average molecular weight is 244 g/mol. The maximum atomic E-state index is 10.3. The van der Waals surface area contributed by atoms with Crippen molar-refractivity contribution in [3.05, 3.63) is 21.9 Å². The number of methoxy groups -OCH3 is 2. The van der Waals surface area contributed by atoms with Gasteiger partial charge in [0.2, 0.25) is 0 Å². The van der Waals surface area contributed by atoms with Crippen molar-refractivity contribution in [3.8, 4) is 0 Å². The number of rotatable bonds is 6. The molecule has 3 nitrogen and oxygen atoms in total. The lowest BCUT2D eigenvalue weighted by molar-refractivity contribution is -0.207. The van der Waals surface area contributed by atoms with Crippen LogP contribution in [0.5, 0.6) is 0 Å². The van der Waals surface area contributed by atoms with Gasteiger partial charge >= 0.3 is 0 Å². The fourth-order valence-corrected chi connectivity index (χ4v) is 2.87. The fourth-order valence-electron chi connectivity index (χ4n) is 1.75. The van der Waals surface area contributed by atoms with Crippen molar-refractivity contribution in [2.75, 3.05) is 14.2 Å². The highest BCUT2D eigenvalue weighted by Gasteiger charge is 2.32. The Morgan fingerprint density at radius 3 is 2.31 bits per heavy atom. The maximum absolute atomic E-state index is 10.3. The Morgan fingerprint density at radius 2 is 1.88 bits per heavy atom. The Kier molecular flexibility index (Phi) is 4.92. The molecular formula is C12H20O3S. The molecule has 0 radical (unpaired) electrons. The molecule has 1 aromatic rings. The summed E-state index contributed by atoms with van der Waals surface area (Å²) in [5.74, 6) is 0. The number of aliphatic hydroxyl groups is 1. The van der Waals surface area contributed by atoms with E-state index in [4.69, 9.17) is 9.47 Å². The Labute approximate surface area is 101 Å². The summed E-state index contributed by atoms with van der Waals surface area (Å²) in [6.45, 7) is 3.86. The van der Waals surface area contributed by atoms with Crippen LogP contribution in [0.3, 0.4) is 0 Å². The first-order valence-electron chi connectivity index (χ1n) is 5.39. The van der Waals surface area contributed by atoms with Gasteiger partial charge in [-0.2, -0.15) is 0 Å².